The van der Waals surface area contributed by atoms with E-state index in [1.54, 1.807) is 43.8 Å². The van der Waals surface area contributed by atoms with Crippen LogP contribution in [0.15, 0.2) is 60.9 Å². The molecule has 2 aromatic carbocycles. The lowest BCUT2D eigenvalue weighted by Crippen LogP contribution is -2.31. The number of hydrogen-bond donors (Lipinski definition) is 3. The van der Waals surface area contributed by atoms with Crippen LogP contribution in [-0.4, -0.2) is 28.6 Å². The van der Waals surface area contributed by atoms with Gasteiger partial charge in [0.2, 0.25) is 0 Å². The van der Waals surface area contributed by atoms with E-state index in [-0.39, 0.29) is 5.91 Å². The molecule has 0 radical (unpaired) electrons. The standard InChI is InChI=1S/C20H21N5O3/c1-25-11-10-22-18(25)17(15-8-3-4-9-16(15)28-2)24-19(26)13-6-5-7-14(12-13)23-20(21)27/h3-12,17H,1-2H3,(H,24,26)(H3,21,23,27). The number of para-hydroxylation sites is 1. The maximum atomic E-state index is 12.9. The van der Waals surface area contributed by atoms with Crippen molar-refractivity contribution in [1.29, 1.82) is 0 Å². The number of nitrogens with two attached hydrogens (primary N) is 1. The molecule has 0 aliphatic carbocycles. The van der Waals surface area contributed by atoms with Crippen LogP contribution in [0.4, 0.5) is 10.5 Å². The lowest BCUT2D eigenvalue weighted by Gasteiger charge is -2.21. The minimum atomic E-state index is -0.697. The number of anilines is 1. The van der Waals surface area contributed by atoms with Crippen LogP contribution in [0, 0.1) is 0 Å². The first-order valence-electron chi connectivity index (χ1n) is 8.57. The number of primary amides is 1. The predicted octanol–water partition coefficient (Wildman–Crippen LogP) is 2.44. The van der Waals surface area contributed by atoms with Gasteiger partial charge in [-0.1, -0.05) is 24.3 Å². The second-order valence-corrected chi connectivity index (χ2v) is 6.11. The topological polar surface area (TPSA) is 111 Å². The van der Waals surface area contributed by atoms with Crippen molar-refractivity contribution in [1.82, 2.24) is 14.9 Å². The third kappa shape index (κ3) is 4.12. The molecule has 0 aliphatic rings. The van der Waals surface area contributed by atoms with Gasteiger partial charge in [-0.2, -0.15) is 0 Å². The number of imidazole rings is 1. The summed E-state index contributed by atoms with van der Waals surface area (Å²) in [7, 11) is 3.43. The molecule has 8 nitrogen and oxygen atoms in total. The van der Waals surface area contributed by atoms with Crippen LogP contribution in [0.3, 0.4) is 0 Å². The summed E-state index contributed by atoms with van der Waals surface area (Å²) in [5, 5.41) is 5.46. The number of rotatable bonds is 6. The summed E-state index contributed by atoms with van der Waals surface area (Å²) < 4.78 is 7.30. The molecule has 8 heteroatoms. The zero-order valence-corrected chi connectivity index (χ0v) is 15.5. The average molecular weight is 379 g/mol. The Morgan fingerprint density at radius 1 is 1.18 bits per heavy atom. The van der Waals surface area contributed by atoms with Crippen LogP contribution < -0.4 is 21.1 Å². The second-order valence-electron chi connectivity index (χ2n) is 6.11. The number of ether oxygens (including phenoxy) is 1. The summed E-state index contributed by atoms with van der Waals surface area (Å²) >= 11 is 0. The first kappa shape index (κ1) is 19.0. The molecule has 0 aliphatic heterocycles. The highest BCUT2D eigenvalue weighted by Crippen LogP contribution is 2.29. The van der Waals surface area contributed by atoms with Gasteiger partial charge >= 0.3 is 6.03 Å². The number of carbonyl (C=O) groups is 2. The Bertz CT molecular complexity index is 999. The lowest BCUT2D eigenvalue weighted by molar-refractivity contribution is 0.0940. The van der Waals surface area contributed by atoms with E-state index < -0.39 is 12.1 Å². The molecule has 1 unspecified atom stereocenters. The van der Waals surface area contributed by atoms with Crippen LogP contribution in [0.5, 0.6) is 5.75 Å². The minimum Gasteiger partial charge on any atom is -0.496 e. The van der Waals surface area contributed by atoms with Crippen molar-refractivity contribution in [3.8, 4) is 5.75 Å². The molecule has 28 heavy (non-hydrogen) atoms. The summed E-state index contributed by atoms with van der Waals surface area (Å²) in [5.41, 5.74) is 6.73. The van der Waals surface area contributed by atoms with Crippen molar-refractivity contribution in [3.63, 3.8) is 0 Å². The smallest absolute Gasteiger partial charge is 0.316 e. The Morgan fingerprint density at radius 3 is 2.64 bits per heavy atom. The molecule has 0 bridgehead atoms. The first-order valence-corrected chi connectivity index (χ1v) is 8.57. The quantitative estimate of drug-likeness (QED) is 0.611. The summed E-state index contributed by atoms with van der Waals surface area (Å²) in [5.74, 6) is 0.969. The van der Waals surface area contributed by atoms with E-state index in [0.717, 1.165) is 5.56 Å². The molecule has 0 saturated carbocycles. The number of amides is 3. The molecule has 1 heterocycles. The molecular formula is C20H21N5O3. The van der Waals surface area contributed by atoms with Gasteiger partial charge in [-0.25, -0.2) is 9.78 Å². The van der Waals surface area contributed by atoms with Crippen molar-refractivity contribution in [2.75, 3.05) is 12.4 Å². The number of nitrogens with one attached hydrogen (secondary N) is 2. The van der Waals surface area contributed by atoms with Crippen LogP contribution in [0.1, 0.15) is 27.8 Å². The SMILES string of the molecule is COc1ccccc1C(NC(=O)c1cccc(NC(N)=O)c1)c1nccn1C. The van der Waals surface area contributed by atoms with Gasteiger partial charge in [-0.3, -0.25) is 4.79 Å². The van der Waals surface area contributed by atoms with Gasteiger partial charge in [-0.15, -0.1) is 0 Å². The number of hydrogen-bond acceptors (Lipinski definition) is 4. The highest BCUT2D eigenvalue weighted by molar-refractivity contribution is 5.97. The van der Waals surface area contributed by atoms with E-state index in [2.05, 4.69) is 15.6 Å². The van der Waals surface area contributed by atoms with E-state index in [1.807, 2.05) is 35.9 Å². The van der Waals surface area contributed by atoms with Gasteiger partial charge in [0.25, 0.3) is 5.91 Å². The summed E-state index contributed by atoms with van der Waals surface area (Å²) in [6.07, 6.45) is 3.47. The number of nitrogens with zero attached hydrogens (tertiary/aromatic N) is 2. The monoisotopic (exact) mass is 379 g/mol. The maximum Gasteiger partial charge on any atom is 0.316 e. The number of aryl methyl sites for hydroxylation is 1. The van der Waals surface area contributed by atoms with Gasteiger partial charge in [-0.05, 0) is 24.3 Å². The predicted molar refractivity (Wildman–Crippen MR) is 105 cm³/mol. The molecule has 3 aromatic rings. The number of benzene rings is 2. The van der Waals surface area contributed by atoms with E-state index in [9.17, 15) is 9.59 Å². The molecule has 144 valence electrons. The summed E-state index contributed by atoms with van der Waals surface area (Å²) in [6.45, 7) is 0. The Hall–Kier alpha value is -3.81. The summed E-state index contributed by atoms with van der Waals surface area (Å²) in [6, 6.07) is 12.7. The minimum absolute atomic E-state index is 0.327. The maximum absolute atomic E-state index is 12.9. The lowest BCUT2D eigenvalue weighted by atomic mass is 10.0. The van der Waals surface area contributed by atoms with Crippen molar-refractivity contribution in [2.24, 2.45) is 12.8 Å². The number of urea groups is 1. The fourth-order valence-electron chi connectivity index (χ4n) is 2.94. The van der Waals surface area contributed by atoms with Crippen LogP contribution in [0.2, 0.25) is 0 Å². The average Bonchev–Trinajstić information content (AvgIpc) is 3.11. The van der Waals surface area contributed by atoms with Crippen molar-refractivity contribution >= 4 is 17.6 Å². The number of methoxy groups -OCH3 is 1. The molecule has 1 aromatic heterocycles. The zero-order chi connectivity index (χ0) is 20.1. The van der Waals surface area contributed by atoms with Gasteiger partial charge in [0.05, 0.1) is 7.11 Å². The van der Waals surface area contributed by atoms with Gasteiger partial charge in [0, 0.05) is 36.3 Å². The molecule has 0 saturated heterocycles. The van der Waals surface area contributed by atoms with Crippen molar-refractivity contribution in [2.45, 2.75) is 6.04 Å². The Balaban J connectivity index is 1.95. The first-order chi connectivity index (χ1) is 13.5. The number of carbonyl (C=O) groups excluding carboxylic acids is 2. The van der Waals surface area contributed by atoms with E-state index >= 15 is 0 Å². The fourth-order valence-corrected chi connectivity index (χ4v) is 2.94. The Morgan fingerprint density at radius 2 is 1.96 bits per heavy atom. The van der Waals surface area contributed by atoms with Crippen LogP contribution in [-0.2, 0) is 7.05 Å². The highest BCUT2D eigenvalue weighted by atomic mass is 16.5. The van der Waals surface area contributed by atoms with Gasteiger partial charge in [0.15, 0.2) is 0 Å². The van der Waals surface area contributed by atoms with Crippen molar-refractivity contribution in [3.05, 3.63) is 77.9 Å². The second kappa shape index (κ2) is 8.26. The largest absolute Gasteiger partial charge is 0.496 e. The summed E-state index contributed by atoms with van der Waals surface area (Å²) in [4.78, 5) is 28.4. The van der Waals surface area contributed by atoms with E-state index in [1.165, 1.54) is 0 Å². The Labute approximate surface area is 162 Å². The molecule has 0 spiro atoms. The normalized spacial score (nSPS) is 11.5. The molecule has 4 N–H and O–H groups in total. The fraction of sp³-hybridized carbons (Fsp3) is 0.150. The van der Waals surface area contributed by atoms with Crippen LogP contribution >= 0.6 is 0 Å². The van der Waals surface area contributed by atoms with Crippen molar-refractivity contribution < 1.29 is 14.3 Å². The van der Waals surface area contributed by atoms with E-state index in [4.69, 9.17) is 10.5 Å². The molecule has 3 rings (SSSR count). The number of aromatic nitrogens is 2. The van der Waals surface area contributed by atoms with Gasteiger partial charge in [0.1, 0.15) is 17.6 Å². The molecule has 0 fully saturated rings. The third-order valence-corrected chi connectivity index (χ3v) is 4.23. The molecule has 1 atom stereocenters. The van der Waals surface area contributed by atoms with Crippen LogP contribution in [0.25, 0.3) is 0 Å². The third-order valence-electron chi connectivity index (χ3n) is 4.23. The molecular weight excluding hydrogens is 358 g/mol. The highest BCUT2D eigenvalue weighted by Gasteiger charge is 2.24. The molecule has 3 amide bonds. The Kier molecular flexibility index (Phi) is 5.59. The van der Waals surface area contributed by atoms with E-state index in [0.29, 0.717) is 22.8 Å². The van der Waals surface area contributed by atoms with Gasteiger partial charge < -0.3 is 25.7 Å². The zero-order valence-electron chi connectivity index (χ0n) is 15.5.